The number of carbonyl (C=O) groups excluding carboxylic acids is 3. The number of nitrogens with zero attached hydrogens (tertiary/aromatic N) is 2. The van der Waals surface area contributed by atoms with Gasteiger partial charge in [-0.3, -0.25) is 19.3 Å². The van der Waals surface area contributed by atoms with Crippen LogP contribution in [0.2, 0.25) is 25.7 Å². The Labute approximate surface area is 170 Å². The summed E-state index contributed by atoms with van der Waals surface area (Å²) in [7, 11) is -1.29. The molecule has 2 heterocycles. The summed E-state index contributed by atoms with van der Waals surface area (Å²) in [4.78, 5) is 40.4. The minimum absolute atomic E-state index is 0.0272. The fourth-order valence-corrected chi connectivity index (χ4v) is 4.32. The molecule has 0 bridgehead atoms. The van der Waals surface area contributed by atoms with Crippen LogP contribution in [0.5, 0.6) is 0 Å². The van der Waals surface area contributed by atoms with E-state index in [1.54, 1.807) is 0 Å². The van der Waals surface area contributed by atoms with Crippen molar-refractivity contribution >= 4 is 25.8 Å². The quantitative estimate of drug-likeness (QED) is 0.413. The summed E-state index contributed by atoms with van der Waals surface area (Å²) in [6.45, 7) is 6.57. The van der Waals surface area contributed by atoms with Crippen molar-refractivity contribution in [2.45, 2.75) is 57.7 Å². The van der Waals surface area contributed by atoms with Crippen molar-refractivity contribution in [3.8, 4) is 0 Å². The monoisotopic (exact) mass is 422 g/mol. The van der Waals surface area contributed by atoms with Gasteiger partial charge >= 0.3 is 0 Å². The third-order valence-electron chi connectivity index (χ3n) is 5.33. The van der Waals surface area contributed by atoms with Crippen LogP contribution >= 0.6 is 0 Å². The minimum atomic E-state index is -1.29. The molecule has 1 N–H and O–H groups in total. The predicted octanol–water partition coefficient (Wildman–Crippen LogP) is 2.10. The molecule has 2 aliphatic rings. The lowest BCUT2D eigenvalue weighted by Crippen LogP contribution is -2.55. The van der Waals surface area contributed by atoms with E-state index in [2.05, 4.69) is 19.6 Å². The molecule has 7 nitrogen and oxygen atoms in total. The lowest BCUT2D eigenvalue weighted by molar-refractivity contribution is -0.158. The molecular formula is C20H27FN2O5Si. The van der Waals surface area contributed by atoms with Crippen molar-refractivity contribution in [1.82, 2.24) is 9.80 Å². The van der Waals surface area contributed by atoms with Crippen molar-refractivity contribution < 1.29 is 28.6 Å². The Morgan fingerprint density at radius 1 is 1.24 bits per heavy atom. The van der Waals surface area contributed by atoms with E-state index in [9.17, 15) is 23.9 Å². The van der Waals surface area contributed by atoms with Gasteiger partial charge < -0.3 is 14.7 Å². The third-order valence-corrected chi connectivity index (χ3v) is 7.04. The van der Waals surface area contributed by atoms with Crippen LogP contribution in [0, 0.1) is 5.82 Å². The van der Waals surface area contributed by atoms with Crippen LogP contribution in [0.15, 0.2) is 12.1 Å². The Bertz CT molecular complexity index is 839. The Hall–Kier alpha value is -2.10. The summed E-state index contributed by atoms with van der Waals surface area (Å²) in [6.07, 6.45) is 0.329. The molecule has 1 saturated heterocycles. The summed E-state index contributed by atoms with van der Waals surface area (Å²) < 4.78 is 19.9. The number of imide groups is 1. The molecule has 0 aromatic heterocycles. The minimum Gasteiger partial charge on any atom is -0.392 e. The van der Waals surface area contributed by atoms with Gasteiger partial charge in [0.2, 0.25) is 5.91 Å². The van der Waals surface area contributed by atoms with E-state index < -0.39 is 31.7 Å². The van der Waals surface area contributed by atoms with Crippen molar-refractivity contribution in [1.29, 1.82) is 0 Å². The normalized spacial score (nSPS) is 19.9. The summed E-state index contributed by atoms with van der Waals surface area (Å²) >= 11 is 0. The molecule has 2 aliphatic heterocycles. The van der Waals surface area contributed by atoms with Gasteiger partial charge in [-0.25, -0.2) is 4.39 Å². The van der Waals surface area contributed by atoms with Gasteiger partial charge in [-0.1, -0.05) is 19.6 Å². The average Bonchev–Trinajstić information content (AvgIpc) is 2.97. The first kappa shape index (κ1) is 21.6. The molecular weight excluding hydrogens is 395 g/mol. The number of rotatable bonds is 7. The second-order valence-corrected chi connectivity index (χ2v) is 14.4. The standard InChI is InChI=1S/C20H27FN2O5Si/c1-29(2,3)7-6-28-12-23-18(25)5-4-17(20(23)27)22-10-15-14(19(22)26)8-13(11-24)9-16(15)21/h8-9,17,24H,4-7,10-12H2,1-3H3. The molecule has 0 spiro atoms. The Kier molecular flexibility index (Phi) is 6.21. The van der Waals surface area contributed by atoms with Crippen molar-refractivity contribution in [2.24, 2.45) is 0 Å². The maximum Gasteiger partial charge on any atom is 0.255 e. The van der Waals surface area contributed by atoms with E-state index in [1.165, 1.54) is 17.0 Å². The van der Waals surface area contributed by atoms with Gasteiger partial charge in [-0.15, -0.1) is 0 Å². The lowest BCUT2D eigenvalue weighted by atomic mass is 10.0. The van der Waals surface area contributed by atoms with E-state index >= 15 is 0 Å². The highest BCUT2D eigenvalue weighted by atomic mass is 28.3. The fourth-order valence-electron chi connectivity index (χ4n) is 3.56. The first-order valence-corrected chi connectivity index (χ1v) is 13.5. The number of piperidine rings is 1. The van der Waals surface area contributed by atoms with E-state index in [0.717, 1.165) is 10.9 Å². The first-order valence-electron chi connectivity index (χ1n) is 9.77. The van der Waals surface area contributed by atoms with Gasteiger partial charge in [0.15, 0.2) is 0 Å². The average molecular weight is 423 g/mol. The maximum absolute atomic E-state index is 14.3. The van der Waals surface area contributed by atoms with Gasteiger partial charge in [0.25, 0.3) is 11.8 Å². The second-order valence-electron chi connectivity index (χ2n) is 8.76. The molecule has 0 aliphatic carbocycles. The highest BCUT2D eigenvalue weighted by molar-refractivity contribution is 6.76. The molecule has 3 rings (SSSR count). The zero-order chi connectivity index (χ0) is 21.3. The molecule has 1 unspecified atom stereocenters. The molecule has 0 saturated carbocycles. The number of aliphatic hydroxyl groups is 1. The number of fused-ring (bicyclic) bond motifs is 1. The van der Waals surface area contributed by atoms with Crippen LogP contribution in [0.4, 0.5) is 4.39 Å². The molecule has 158 valence electrons. The van der Waals surface area contributed by atoms with Crippen molar-refractivity contribution in [3.63, 3.8) is 0 Å². The number of hydrogen-bond acceptors (Lipinski definition) is 5. The number of likely N-dealkylation sites (tertiary alicyclic amines) is 1. The maximum atomic E-state index is 14.3. The van der Waals surface area contributed by atoms with Crippen LogP contribution in [0.3, 0.4) is 0 Å². The van der Waals surface area contributed by atoms with E-state index in [-0.39, 0.29) is 49.8 Å². The van der Waals surface area contributed by atoms with Crippen LogP contribution in [0.1, 0.15) is 34.3 Å². The van der Waals surface area contributed by atoms with Crippen molar-refractivity contribution in [2.75, 3.05) is 13.3 Å². The Balaban J connectivity index is 1.71. The molecule has 29 heavy (non-hydrogen) atoms. The third kappa shape index (κ3) is 4.57. The van der Waals surface area contributed by atoms with Gasteiger partial charge in [-0.2, -0.15) is 0 Å². The van der Waals surface area contributed by atoms with Gasteiger partial charge in [0.05, 0.1) is 13.2 Å². The number of carbonyl (C=O) groups is 3. The second kappa shape index (κ2) is 8.33. The number of aliphatic hydroxyl groups excluding tert-OH is 1. The summed E-state index contributed by atoms with van der Waals surface area (Å²) in [6, 6.07) is 2.74. The molecule has 9 heteroatoms. The largest absolute Gasteiger partial charge is 0.392 e. The van der Waals surface area contributed by atoms with Crippen molar-refractivity contribution in [3.05, 3.63) is 34.6 Å². The number of benzene rings is 1. The number of halogens is 1. The highest BCUT2D eigenvalue weighted by Crippen LogP contribution is 2.31. The smallest absolute Gasteiger partial charge is 0.255 e. The van der Waals surface area contributed by atoms with E-state index in [0.29, 0.717) is 12.2 Å². The molecule has 3 amide bonds. The zero-order valence-corrected chi connectivity index (χ0v) is 18.0. The topological polar surface area (TPSA) is 87.2 Å². The molecule has 1 atom stereocenters. The lowest BCUT2D eigenvalue weighted by Gasteiger charge is -2.35. The number of ether oxygens (including phenoxy) is 1. The summed E-state index contributed by atoms with van der Waals surface area (Å²) in [5.74, 6) is -1.84. The molecule has 0 radical (unpaired) electrons. The number of amides is 3. The zero-order valence-electron chi connectivity index (χ0n) is 17.0. The first-order chi connectivity index (χ1) is 13.6. The molecule has 1 aromatic rings. The molecule has 1 fully saturated rings. The van der Waals surface area contributed by atoms with Crippen LogP contribution in [0.25, 0.3) is 0 Å². The predicted molar refractivity (Wildman–Crippen MR) is 106 cm³/mol. The summed E-state index contributed by atoms with van der Waals surface area (Å²) in [5.41, 5.74) is 0.686. The van der Waals surface area contributed by atoms with Crippen LogP contribution < -0.4 is 0 Å². The SMILES string of the molecule is C[Si](C)(C)CCOCN1C(=O)CCC(N2Cc3c(F)cc(CO)cc3C2=O)C1=O. The van der Waals surface area contributed by atoms with E-state index in [4.69, 9.17) is 4.74 Å². The van der Waals surface area contributed by atoms with Crippen LogP contribution in [-0.4, -0.2) is 60.1 Å². The Morgan fingerprint density at radius 3 is 2.62 bits per heavy atom. The molecule has 1 aromatic carbocycles. The van der Waals surface area contributed by atoms with Crippen LogP contribution in [-0.2, 0) is 27.5 Å². The van der Waals surface area contributed by atoms with Gasteiger partial charge in [-0.05, 0) is 30.2 Å². The van der Waals surface area contributed by atoms with Gasteiger partial charge in [0, 0.05) is 32.2 Å². The summed E-state index contributed by atoms with van der Waals surface area (Å²) in [5, 5.41) is 9.25. The van der Waals surface area contributed by atoms with E-state index in [1.807, 2.05) is 0 Å². The Morgan fingerprint density at radius 2 is 1.97 bits per heavy atom. The highest BCUT2D eigenvalue weighted by Gasteiger charge is 2.43. The fraction of sp³-hybridized carbons (Fsp3) is 0.550. The van der Waals surface area contributed by atoms with Gasteiger partial charge in [0.1, 0.15) is 18.6 Å². The number of hydrogen-bond donors (Lipinski definition) is 1.